The van der Waals surface area contributed by atoms with Crippen molar-refractivity contribution in [3.8, 4) is 0 Å². The number of rotatable bonds is 2. The zero-order chi connectivity index (χ0) is 13.1. The Hall–Kier alpha value is -0.940. The van der Waals surface area contributed by atoms with Gasteiger partial charge in [0.15, 0.2) is 6.29 Å². The van der Waals surface area contributed by atoms with Gasteiger partial charge >= 0.3 is 0 Å². The number of ether oxygens (including phenoxy) is 2. The summed E-state index contributed by atoms with van der Waals surface area (Å²) in [7, 11) is 0. The largest absolute Gasteiger partial charge is 0.347 e. The third-order valence-electron chi connectivity index (χ3n) is 3.99. The Bertz CT molecular complexity index is 410. The quantitative estimate of drug-likeness (QED) is 0.871. The minimum absolute atomic E-state index is 0.194. The SMILES string of the molecule is Cc1ccccc1C1OCC(N2CCNCC2)CO1. The van der Waals surface area contributed by atoms with Crippen molar-refractivity contribution in [1.29, 1.82) is 0 Å². The van der Waals surface area contributed by atoms with E-state index < -0.39 is 0 Å². The summed E-state index contributed by atoms with van der Waals surface area (Å²) in [6.07, 6.45) is -0.194. The Morgan fingerprint density at radius 2 is 1.79 bits per heavy atom. The van der Waals surface area contributed by atoms with Crippen LogP contribution in [-0.2, 0) is 9.47 Å². The van der Waals surface area contributed by atoms with Gasteiger partial charge in [-0.3, -0.25) is 4.90 Å². The molecule has 0 aromatic heterocycles. The van der Waals surface area contributed by atoms with Crippen LogP contribution in [-0.4, -0.2) is 50.3 Å². The molecule has 0 atom stereocenters. The molecule has 2 heterocycles. The second-order valence-corrected chi connectivity index (χ2v) is 5.29. The molecule has 1 N–H and O–H groups in total. The Kier molecular flexibility index (Phi) is 4.13. The van der Waals surface area contributed by atoms with Gasteiger partial charge in [0.1, 0.15) is 0 Å². The first-order valence-electron chi connectivity index (χ1n) is 7.08. The van der Waals surface area contributed by atoms with Gasteiger partial charge in [0.05, 0.1) is 19.3 Å². The lowest BCUT2D eigenvalue weighted by Gasteiger charge is -2.39. The van der Waals surface area contributed by atoms with Gasteiger partial charge in [-0.1, -0.05) is 24.3 Å². The van der Waals surface area contributed by atoms with Crippen molar-refractivity contribution < 1.29 is 9.47 Å². The van der Waals surface area contributed by atoms with Gasteiger partial charge in [-0.15, -0.1) is 0 Å². The molecular formula is C15H22N2O2. The van der Waals surface area contributed by atoms with E-state index in [1.807, 2.05) is 12.1 Å². The van der Waals surface area contributed by atoms with E-state index in [-0.39, 0.29) is 6.29 Å². The summed E-state index contributed by atoms with van der Waals surface area (Å²) in [5.41, 5.74) is 2.38. The van der Waals surface area contributed by atoms with Crippen molar-refractivity contribution in [2.24, 2.45) is 0 Å². The number of nitrogens with zero attached hydrogens (tertiary/aromatic N) is 1. The highest BCUT2D eigenvalue weighted by Crippen LogP contribution is 2.26. The van der Waals surface area contributed by atoms with Crippen molar-refractivity contribution in [3.63, 3.8) is 0 Å². The molecule has 19 heavy (non-hydrogen) atoms. The van der Waals surface area contributed by atoms with Crippen LogP contribution in [0.15, 0.2) is 24.3 Å². The van der Waals surface area contributed by atoms with Crippen LogP contribution in [0, 0.1) is 6.92 Å². The Morgan fingerprint density at radius 1 is 1.11 bits per heavy atom. The second-order valence-electron chi connectivity index (χ2n) is 5.29. The van der Waals surface area contributed by atoms with Crippen LogP contribution in [0.2, 0.25) is 0 Å². The molecular weight excluding hydrogens is 240 g/mol. The van der Waals surface area contributed by atoms with Crippen molar-refractivity contribution in [2.75, 3.05) is 39.4 Å². The van der Waals surface area contributed by atoms with E-state index >= 15 is 0 Å². The number of hydrogen-bond donors (Lipinski definition) is 1. The van der Waals surface area contributed by atoms with E-state index in [0.717, 1.165) is 45.0 Å². The highest BCUT2D eigenvalue weighted by atomic mass is 16.7. The summed E-state index contributed by atoms with van der Waals surface area (Å²) in [6.45, 7) is 7.94. The Labute approximate surface area is 114 Å². The van der Waals surface area contributed by atoms with E-state index in [1.165, 1.54) is 5.56 Å². The molecule has 0 bridgehead atoms. The van der Waals surface area contributed by atoms with E-state index in [9.17, 15) is 0 Å². The second kappa shape index (κ2) is 6.01. The summed E-state index contributed by atoms with van der Waals surface area (Å²) in [5, 5.41) is 3.37. The Balaban J connectivity index is 1.58. The summed E-state index contributed by atoms with van der Waals surface area (Å²) in [6, 6.07) is 8.68. The zero-order valence-electron chi connectivity index (χ0n) is 11.5. The molecule has 1 aromatic rings. The maximum atomic E-state index is 5.93. The van der Waals surface area contributed by atoms with Crippen LogP contribution in [0.4, 0.5) is 0 Å². The normalized spacial score (nSPS) is 29.3. The van der Waals surface area contributed by atoms with E-state index in [4.69, 9.17) is 9.47 Å². The van der Waals surface area contributed by atoms with Crippen molar-refractivity contribution in [1.82, 2.24) is 10.2 Å². The van der Waals surface area contributed by atoms with Crippen LogP contribution in [0.1, 0.15) is 17.4 Å². The van der Waals surface area contributed by atoms with Crippen molar-refractivity contribution >= 4 is 0 Å². The van der Waals surface area contributed by atoms with Gasteiger partial charge in [-0.2, -0.15) is 0 Å². The highest BCUT2D eigenvalue weighted by molar-refractivity contribution is 5.26. The monoisotopic (exact) mass is 262 g/mol. The van der Waals surface area contributed by atoms with Crippen LogP contribution in [0.5, 0.6) is 0 Å². The third-order valence-corrected chi connectivity index (χ3v) is 3.99. The lowest BCUT2D eigenvalue weighted by atomic mass is 10.1. The lowest BCUT2D eigenvalue weighted by molar-refractivity contribution is -0.210. The Morgan fingerprint density at radius 3 is 2.47 bits per heavy atom. The fourth-order valence-electron chi connectivity index (χ4n) is 2.78. The first-order chi connectivity index (χ1) is 9.34. The number of nitrogens with one attached hydrogen (secondary N) is 1. The van der Waals surface area contributed by atoms with Crippen molar-refractivity contribution in [2.45, 2.75) is 19.3 Å². The molecule has 0 spiro atoms. The van der Waals surface area contributed by atoms with Gasteiger partial charge in [0, 0.05) is 31.7 Å². The minimum atomic E-state index is -0.194. The molecule has 0 amide bonds. The van der Waals surface area contributed by atoms with Gasteiger partial charge in [0.2, 0.25) is 0 Å². The van der Waals surface area contributed by atoms with Gasteiger partial charge in [-0.25, -0.2) is 0 Å². The summed E-state index contributed by atoms with van der Waals surface area (Å²) < 4.78 is 11.9. The number of aryl methyl sites for hydroxylation is 1. The number of hydrogen-bond acceptors (Lipinski definition) is 4. The molecule has 4 heteroatoms. The molecule has 2 aliphatic rings. The summed E-state index contributed by atoms with van der Waals surface area (Å²) >= 11 is 0. The van der Waals surface area contributed by atoms with Crippen molar-refractivity contribution in [3.05, 3.63) is 35.4 Å². The standard InChI is InChI=1S/C15H22N2O2/c1-12-4-2-3-5-14(12)15-18-10-13(11-19-15)17-8-6-16-7-9-17/h2-5,13,15-16H,6-11H2,1H3. The van der Waals surface area contributed by atoms with Crippen LogP contribution < -0.4 is 5.32 Å². The average molecular weight is 262 g/mol. The average Bonchev–Trinajstić information content (AvgIpc) is 2.49. The first-order valence-corrected chi connectivity index (χ1v) is 7.08. The molecule has 104 valence electrons. The minimum Gasteiger partial charge on any atom is -0.347 e. The first kappa shape index (κ1) is 13.1. The van der Waals surface area contributed by atoms with Gasteiger partial charge in [0.25, 0.3) is 0 Å². The fourth-order valence-corrected chi connectivity index (χ4v) is 2.78. The topological polar surface area (TPSA) is 33.7 Å². The summed E-state index contributed by atoms with van der Waals surface area (Å²) in [5.74, 6) is 0. The maximum Gasteiger partial charge on any atom is 0.184 e. The predicted molar refractivity (Wildman–Crippen MR) is 74.1 cm³/mol. The van der Waals surface area contributed by atoms with Gasteiger partial charge < -0.3 is 14.8 Å². The molecule has 2 fully saturated rings. The lowest BCUT2D eigenvalue weighted by Crippen LogP contribution is -2.53. The molecule has 0 radical (unpaired) electrons. The van der Waals surface area contributed by atoms with Crippen LogP contribution in [0.25, 0.3) is 0 Å². The highest BCUT2D eigenvalue weighted by Gasteiger charge is 2.28. The fraction of sp³-hybridized carbons (Fsp3) is 0.600. The molecule has 0 saturated carbocycles. The van der Waals surface area contributed by atoms with Gasteiger partial charge in [-0.05, 0) is 12.5 Å². The van der Waals surface area contributed by atoms with E-state index in [0.29, 0.717) is 6.04 Å². The maximum absolute atomic E-state index is 5.93. The molecule has 0 aliphatic carbocycles. The zero-order valence-corrected chi connectivity index (χ0v) is 11.5. The predicted octanol–water partition coefficient (Wildman–Crippen LogP) is 1.31. The third kappa shape index (κ3) is 2.98. The summed E-state index contributed by atoms with van der Waals surface area (Å²) in [4.78, 5) is 2.46. The van der Waals surface area contributed by atoms with E-state index in [1.54, 1.807) is 0 Å². The molecule has 4 nitrogen and oxygen atoms in total. The molecule has 0 unspecified atom stereocenters. The molecule has 3 rings (SSSR count). The molecule has 1 aromatic carbocycles. The van der Waals surface area contributed by atoms with E-state index in [2.05, 4.69) is 29.3 Å². The van der Waals surface area contributed by atoms with Crippen LogP contribution >= 0.6 is 0 Å². The number of benzene rings is 1. The molecule has 2 saturated heterocycles. The van der Waals surface area contributed by atoms with Crippen LogP contribution in [0.3, 0.4) is 0 Å². The number of piperazine rings is 1. The molecule has 2 aliphatic heterocycles. The smallest absolute Gasteiger partial charge is 0.184 e.